The van der Waals surface area contributed by atoms with E-state index in [1.165, 1.54) is 16.7 Å². The molecule has 1 aliphatic rings. The van der Waals surface area contributed by atoms with Gasteiger partial charge in [0.05, 0.1) is 17.1 Å². The van der Waals surface area contributed by atoms with Crippen LogP contribution in [0.15, 0.2) is 42.2 Å². The van der Waals surface area contributed by atoms with Crippen LogP contribution in [0.3, 0.4) is 0 Å². The summed E-state index contributed by atoms with van der Waals surface area (Å²) < 4.78 is 2.05. The van der Waals surface area contributed by atoms with Crippen molar-refractivity contribution in [2.75, 3.05) is 10.3 Å². The van der Waals surface area contributed by atoms with E-state index in [1.54, 1.807) is 18.1 Å². The summed E-state index contributed by atoms with van der Waals surface area (Å²) in [5.74, 6) is -0.205. The molecular weight excluding hydrogens is 386 g/mol. The van der Waals surface area contributed by atoms with Crippen LogP contribution in [0.2, 0.25) is 0 Å². The van der Waals surface area contributed by atoms with Crippen LogP contribution in [-0.4, -0.2) is 15.3 Å². The van der Waals surface area contributed by atoms with Gasteiger partial charge in [0.1, 0.15) is 0 Å². The van der Waals surface area contributed by atoms with Gasteiger partial charge in [0, 0.05) is 30.2 Å². The summed E-state index contributed by atoms with van der Waals surface area (Å²) in [6.07, 6.45) is 3.73. The van der Waals surface area contributed by atoms with E-state index in [2.05, 4.69) is 47.2 Å². The molecule has 6 nitrogen and oxygen atoms in total. The number of hydrogen-bond donors (Lipinski definition) is 1. The fourth-order valence-corrected chi connectivity index (χ4v) is 3.50. The predicted octanol–water partition coefficient (Wildman–Crippen LogP) is 4.37. The molecule has 0 atom stereocenters. The van der Waals surface area contributed by atoms with Crippen molar-refractivity contribution >= 4 is 35.3 Å². The number of rotatable bonds is 4. The summed E-state index contributed by atoms with van der Waals surface area (Å²) in [6, 6.07) is 8.33. The van der Waals surface area contributed by atoms with Crippen LogP contribution in [0, 0.1) is 27.7 Å². The van der Waals surface area contributed by atoms with Gasteiger partial charge in [-0.1, -0.05) is 18.2 Å². The second-order valence-electron chi connectivity index (χ2n) is 7.37. The lowest BCUT2D eigenvalue weighted by molar-refractivity contribution is -0.117. The molecule has 0 unspecified atom stereocenters. The number of carbonyl (C=O) groups excluding carboxylic acids is 1. The van der Waals surface area contributed by atoms with Crippen LogP contribution in [-0.2, 0) is 11.3 Å². The number of benzene rings is 1. The summed E-state index contributed by atoms with van der Waals surface area (Å²) in [5, 5.41) is 5.19. The number of fused-ring (bicyclic) bond motifs is 1. The van der Waals surface area contributed by atoms with Gasteiger partial charge in [0.2, 0.25) is 0 Å². The van der Waals surface area contributed by atoms with Gasteiger partial charge in [-0.25, -0.2) is 9.99 Å². The highest BCUT2D eigenvalue weighted by atomic mass is 35.5. The zero-order valence-corrected chi connectivity index (χ0v) is 18.1. The van der Waals surface area contributed by atoms with Crippen molar-refractivity contribution < 1.29 is 4.79 Å². The van der Waals surface area contributed by atoms with Crippen molar-refractivity contribution in [2.45, 2.75) is 41.2 Å². The monoisotopic (exact) mass is 410 g/mol. The average molecular weight is 411 g/mol. The Bertz CT molecular complexity index is 1110. The van der Waals surface area contributed by atoms with Crippen molar-refractivity contribution in [1.82, 2.24) is 14.8 Å². The largest absolute Gasteiger partial charge is 0.378 e. The van der Waals surface area contributed by atoms with E-state index in [0.29, 0.717) is 12.1 Å². The average Bonchev–Trinajstić information content (AvgIpc) is 3.14. The summed E-state index contributed by atoms with van der Waals surface area (Å²) >= 11 is 0. The Balaban J connectivity index is 0.00000240. The molecule has 151 valence electrons. The second kappa shape index (κ2) is 7.79. The van der Waals surface area contributed by atoms with Crippen LogP contribution in [0.4, 0.5) is 11.4 Å². The van der Waals surface area contributed by atoms with E-state index < -0.39 is 0 Å². The first-order valence-corrected chi connectivity index (χ1v) is 9.37. The van der Waals surface area contributed by atoms with E-state index in [4.69, 9.17) is 4.98 Å². The molecule has 0 saturated carbocycles. The maximum atomic E-state index is 11.9. The molecule has 29 heavy (non-hydrogen) atoms. The van der Waals surface area contributed by atoms with Crippen LogP contribution in [0.25, 0.3) is 5.65 Å². The van der Waals surface area contributed by atoms with Crippen molar-refractivity contribution in [1.29, 1.82) is 0 Å². The Morgan fingerprint density at radius 1 is 1.07 bits per heavy atom. The summed E-state index contributed by atoms with van der Waals surface area (Å²) in [4.78, 5) is 16.6. The number of aryl methyl sites for hydroxylation is 4. The molecule has 0 bridgehead atoms. The smallest absolute Gasteiger partial charge is 0.291 e. The molecule has 0 aliphatic carbocycles. The molecule has 3 heterocycles. The SMILES string of the molecule is CC1=CN(c2cc(NCc3c(C)cccc3C)c3nc(C)c(C)n3c2)[N]C1=O.Cl. The third kappa shape index (κ3) is 3.68. The Kier molecular flexibility index (Phi) is 5.57. The van der Waals surface area contributed by atoms with Crippen molar-refractivity contribution in [2.24, 2.45) is 0 Å². The van der Waals surface area contributed by atoms with E-state index in [1.807, 2.05) is 26.1 Å². The number of carbonyl (C=O) groups is 1. The van der Waals surface area contributed by atoms with Gasteiger partial charge >= 0.3 is 0 Å². The van der Waals surface area contributed by atoms with Crippen LogP contribution in [0.5, 0.6) is 0 Å². The topological polar surface area (TPSA) is 63.7 Å². The van der Waals surface area contributed by atoms with E-state index in [9.17, 15) is 4.79 Å². The molecule has 0 spiro atoms. The molecular formula is C22H25ClN5O. The fourth-order valence-electron chi connectivity index (χ4n) is 3.50. The Hall–Kier alpha value is -2.99. The standard InChI is InChI=1S/C22H24N5O.ClH/c1-13-7-6-8-14(2)19(13)10-23-20-9-18(27-11-15(3)22(28)25-27)12-26-17(5)16(4)24-21(20)26;/h6-9,11-12,23H,10H2,1-5H3;1H. The highest BCUT2D eigenvalue weighted by Crippen LogP contribution is 2.29. The van der Waals surface area contributed by atoms with Crippen molar-refractivity contribution in [3.05, 3.63) is 70.3 Å². The van der Waals surface area contributed by atoms with Crippen LogP contribution >= 0.6 is 12.4 Å². The molecule has 3 aromatic rings. The highest BCUT2D eigenvalue weighted by Gasteiger charge is 2.23. The number of anilines is 2. The fraction of sp³-hybridized carbons (Fsp3) is 0.273. The molecule has 1 amide bonds. The van der Waals surface area contributed by atoms with Gasteiger partial charge in [-0.15, -0.1) is 17.8 Å². The zero-order chi connectivity index (χ0) is 20.0. The van der Waals surface area contributed by atoms with Gasteiger partial charge < -0.3 is 9.72 Å². The first-order valence-electron chi connectivity index (χ1n) is 9.37. The lowest BCUT2D eigenvalue weighted by atomic mass is 10.0. The summed E-state index contributed by atoms with van der Waals surface area (Å²) in [5.41, 5.74) is 13.2. The Morgan fingerprint density at radius 2 is 1.76 bits per heavy atom. The van der Waals surface area contributed by atoms with Crippen molar-refractivity contribution in [3.63, 3.8) is 0 Å². The number of imidazole rings is 1. The number of nitrogens with zero attached hydrogens (tertiary/aromatic N) is 4. The third-order valence-electron chi connectivity index (χ3n) is 5.40. The molecule has 1 aliphatic heterocycles. The molecule has 1 radical (unpaired) electrons. The normalized spacial score (nSPS) is 13.3. The minimum absolute atomic E-state index is 0. The zero-order valence-electron chi connectivity index (χ0n) is 17.3. The van der Waals surface area contributed by atoms with Gasteiger partial charge in [0.15, 0.2) is 5.65 Å². The molecule has 0 saturated heterocycles. The lowest BCUT2D eigenvalue weighted by Gasteiger charge is -2.17. The molecule has 2 aromatic heterocycles. The summed E-state index contributed by atoms with van der Waals surface area (Å²) in [7, 11) is 0. The molecule has 0 fully saturated rings. The van der Waals surface area contributed by atoms with Gasteiger partial charge in [-0.2, -0.15) is 0 Å². The van der Waals surface area contributed by atoms with Crippen LogP contribution in [0.1, 0.15) is 35.0 Å². The molecule has 1 N–H and O–H groups in total. The number of aromatic nitrogens is 2. The van der Waals surface area contributed by atoms with E-state index in [0.717, 1.165) is 28.4 Å². The van der Waals surface area contributed by atoms with Gasteiger partial charge in [-0.05, 0) is 57.4 Å². The molecule has 4 rings (SSSR count). The second-order valence-corrected chi connectivity index (χ2v) is 7.37. The Labute approximate surface area is 177 Å². The summed E-state index contributed by atoms with van der Waals surface area (Å²) in [6.45, 7) is 10.8. The first kappa shape index (κ1) is 20.7. The van der Waals surface area contributed by atoms with Gasteiger partial charge in [-0.3, -0.25) is 4.79 Å². The predicted molar refractivity (Wildman–Crippen MR) is 119 cm³/mol. The number of nitrogens with one attached hydrogen (secondary N) is 1. The number of halogens is 1. The maximum absolute atomic E-state index is 11.9. The van der Waals surface area contributed by atoms with Crippen LogP contribution < -0.4 is 15.8 Å². The highest BCUT2D eigenvalue weighted by molar-refractivity contribution is 5.97. The lowest BCUT2D eigenvalue weighted by Crippen LogP contribution is -2.25. The number of amides is 1. The third-order valence-corrected chi connectivity index (χ3v) is 5.40. The van der Waals surface area contributed by atoms with E-state index >= 15 is 0 Å². The van der Waals surface area contributed by atoms with E-state index in [-0.39, 0.29) is 18.3 Å². The van der Waals surface area contributed by atoms with Crippen molar-refractivity contribution in [3.8, 4) is 0 Å². The minimum Gasteiger partial charge on any atom is -0.378 e. The Morgan fingerprint density at radius 3 is 2.38 bits per heavy atom. The van der Waals surface area contributed by atoms with Gasteiger partial charge in [0.25, 0.3) is 5.91 Å². The maximum Gasteiger partial charge on any atom is 0.291 e. The first-order chi connectivity index (χ1) is 13.3. The minimum atomic E-state index is -0.205. The molecule has 1 aromatic carbocycles. The quantitative estimate of drug-likeness (QED) is 0.693. The number of pyridine rings is 1. The number of hydrogen-bond acceptors (Lipinski definition) is 4. The molecule has 7 heteroatoms.